The van der Waals surface area contributed by atoms with Crippen LogP contribution in [0.4, 0.5) is 5.69 Å². The van der Waals surface area contributed by atoms with Crippen molar-refractivity contribution in [2.75, 3.05) is 25.5 Å². The number of amides is 1. The van der Waals surface area contributed by atoms with Crippen LogP contribution in [0.5, 0.6) is 0 Å². The van der Waals surface area contributed by atoms with Gasteiger partial charge in [-0.15, -0.1) is 0 Å². The van der Waals surface area contributed by atoms with Crippen molar-refractivity contribution < 1.29 is 9.59 Å². The smallest absolute Gasteiger partial charge is 0.252 e. The molecule has 1 saturated heterocycles. The highest BCUT2D eigenvalue weighted by atomic mass is 16.2. The average Bonchev–Trinajstić information content (AvgIpc) is 3.11. The molecule has 2 aromatic carbocycles. The number of carbonyl (C=O) groups excluding carboxylic acids is 2. The summed E-state index contributed by atoms with van der Waals surface area (Å²) in [5, 5.41) is 0. The average molecular weight is 389 g/mol. The summed E-state index contributed by atoms with van der Waals surface area (Å²) in [5.41, 5.74) is 4.11. The highest BCUT2D eigenvalue weighted by Crippen LogP contribution is 2.56. The molecule has 0 aliphatic carbocycles. The number of likely N-dealkylation sites (tertiary alicyclic amines) is 1. The van der Waals surface area contributed by atoms with Gasteiger partial charge in [-0.2, -0.15) is 0 Å². The Balaban J connectivity index is 1.95. The molecule has 0 aromatic heterocycles. The molecule has 0 saturated carbocycles. The Labute approximate surface area is 172 Å². The Hall–Kier alpha value is -2.72. The second-order valence-electron chi connectivity index (χ2n) is 8.65. The molecule has 2 aliphatic heterocycles. The van der Waals surface area contributed by atoms with Crippen molar-refractivity contribution in [1.29, 1.82) is 0 Å². The van der Waals surface area contributed by atoms with E-state index >= 15 is 0 Å². The quantitative estimate of drug-likeness (QED) is 0.745. The fraction of sp³-hybridized carbons (Fsp3) is 0.360. The molecule has 4 rings (SSSR count). The van der Waals surface area contributed by atoms with E-state index in [-0.39, 0.29) is 17.6 Å². The Bertz CT molecular complexity index is 1000. The molecule has 0 unspecified atom stereocenters. The summed E-state index contributed by atoms with van der Waals surface area (Å²) in [4.78, 5) is 31.2. The van der Waals surface area contributed by atoms with Crippen molar-refractivity contribution in [2.45, 2.75) is 32.2 Å². The van der Waals surface area contributed by atoms with Gasteiger partial charge in [0.2, 0.25) is 0 Å². The van der Waals surface area contributed by atoms with Crippen molar-refractivity contribution in [3.05, 3.63) is 76.9 Å². The number of benzene rings is 2. The van der Waals surface area contributed by atoms with Gasteiger partial charge in [-0.3, -0.25) is 14.5 Å². The summed E-state index contributed by atoms with van der Waals surface area (Å²) in [6.07, 6.45) is 1.71. The number of carbonyl (C=O) groups is 2. The van der Waals surface area contributed by atoms with E-state index in [1.807, 2.05) is 52.2 Å². The Morgan fingerprint density at radius 3 is 2.38 bits per heavy atom. The van der Waals surface area contributed by atoms with Gasteiger partial charge in [0.1, 0.15) is 5.54 Å². The van der Waals surface area contributed by atoms with E-state index in [0.29, 0.717) is 6.54 Å². The zero-order chi connectivity index (χ0) is 20.9. The van der Waals surface area contributed by atoms with Gasteiger partial charge < -0.3 is 4.90 Å². The lowest BCUT2D eigenvalue weighted by molar-refractivity contribution is -0.135. The number of aryl methyl sites for hydroxylation is 1. The topological polar surface area (TPSA) is 40.6 Å². The predicted octanol–water partition coefficient (Wildman–Crippen LogP) is 4.05. The monoisotopic (exact) mass is 388 g/mol. The number of hydrogen-bond donors (Lipinski definition) is 0. The third kappa shape index (κ3) is 2.77. The summed E-state index contributed by atoms with van der Waals surface area (Å²) in [6.45, 7) is 6.58. The molecule has 2 heterocycles. The summed E-state index contributed by atoms with van der Waals surface area (Å²) in [7, 11) is 3.79. The zero-order valence-corrected chi connectivity index (χ0v) is 17.8. The second kappa shape index (κ2) is 6.96. The van der Waals surface area contributed by atoms with Gasteiger partial charge in [-0.1, -0.05) is 53.6 Å². The van der Waals surface area contributed by atoms with Crippen LogP contribution >= 0.6 is 0 Å². The minimum absolute atomic E-state index is 0.0173. The maximum atomic E-state index is 13.7. The van der Waals surface area contributed by atoms with Crippen LogP contribution in [0.15, 0.2) is 60.2 Å². The van der Waals surface area contributed by atoms with Gasteiger partial charge in [-0.25, -0.2) is 0 Å². The lowest BCUT2D eigenvalue weighted by Crippen LogP contribution is -2.52. The van der Waals surface area contributed by atoms with Crippen LogP contribution in [0, 0.1) is 12.8 Å². The standard InChI is InChI=1S/C25H28N2O2/c1-16(2)14-22(28)23-19(18-12-10-17(3)11-13-18)15-26(4)25(23)20-8-6-7-9-21(20)27(5)24(25)29/h6-14,19,23H,15H2,1-5H3/t19-,23+,25-/m1/s1. The van der Waals surface area contributed by atoms with Gasteiger partial charge in [0.15, 0.2) is 5.78 Å². The van der Waals surface area contributed by atoms with Crippen LogP contribution in [-0.2, 0) is 15.1 Å². The minimum Gasteiger partial charge on any atom is -0.313 e. The van der Waals surface area contributed by atoms with E-state index in [1.165, 1.54) is 5.56 Å². The molecule has 4 heteroatoms. The summed E-state index contributed by atoms with van der Waals surface area (Å²) < 4.78 is 0. The number of nitrogens with zero attached hydrogens (tertiary/aromatic N) is 2. The van der Waals surface area contributed by atoms with E-state index in [0.717, 1.165) is 22.4 Å². The largest absolute Gasteiger partial charge is 0.313 e. The number of allylic oxidation sites excluding steroid dienone is 2. The SMILES string of the molecule is CC(C)=CC(=O)[C@@H]1[C@@H](c2ccc(C)cc2)CN(C)[C@@]12C(=O)N(C)c1ccccc12. The molecule has 1 spiro atoms. The summed E-state index contributed by atoms with van der Waals surface area (Å²) in [6, 6.07) is 16.3. The predicted molar refractivity (Wildman–Crippen MR) is 116 cm³/mol. The van der Waals surface area contributed by atoms with Crippen LogP contribution < -0.4 is 4.90 Å². The molecular formula is C25H28N2O2. The number of anilines is 1. The van der Waals surface area contributed by atoms with Crippen molar-refractivity contribution in [3.8, 4) is 0 Å². The molecule has 150 valence electrons. The zero-order valence-electron chi connectivity index (χ0n) is 17.8. The highest BCUT2D eigenvalue weighted by Gasteiger charge is 2.65. The third-order valence-electron chi connectivity index (χ3n) is 6.47. The van der Waals surface area contributed by atoms with Crippen LogP contribution in [0.2, 0.25) is 0 Å². The fourth-order valence-electron chi connectivity index (χ4n) is 5.20. The molecule has 2 aliphatic rings. The number of likely N-dealkylation sites (N-methyl/N-ethyl adjacent to an activating group) is 2. The first-order valence-corrected chi connectivity index (χ1v) is 10.1. The van der Waals surface area contributed by atoms with E-state index in [1.54, 1.807) is 11.0 Å². The van der Waals surface area contributed by atoms with Crippen LogP contribution in [0.3, 0.4) is 0 Å². The lowest BCUT2D eigenvalue weighted by Gasteiger charge is -2.35. The van der Waals surface area contributed by atoms with Crippen LogP contribution in [0.1, 0.15) is 36.5 Å². The van der Waals surface area contributed by atoms with E-state index < -0.39 is 11.5 Å². The number of para-hydroxylation sites is 1. The first-order chi connectivity index (χ1) is 13.8. The first kappa shape index (κ1) is 19.6. The van der Waals surface area contributed by atoms with Gasteiger partial charge in [-0.05, 0) is 45.5 Å². The molecule has 0 bridgehead atoms. The third-order valence-corrected chi connectivity index (χ3v) is 6.47. The van der Waals surface area contributed by atoms with Crippen LogP contribution in [-0.4, -0.2) is 37.2 Å². The van der Waals surface area contributed by atoms with E-state index in [9.17, 15) is 9.59 Å². The molecule has 3 atom stereocenters. The molecule has 1 amide bonds. The van der Waals surface area contributed by atoms with Gasteiger partial charge >= 0.3 is 0 Å². The normalized spacial score (nSPS) is 26.1. The summed E-state index contributed by atoms with van der Waals surface area (Å²) >= 11 is 0. The van der Waals surface area contributed by atoms with E-state index in [2.05, 4.69) is 36.1 Å². The molecule has 2 aromatic rings. The number of fused-ring (bicyclic) bond motifs is 2. The Kier molecular flexibility index (Phi) is 4.70. The lowest BCUT2D eigenvalue weighted by atomic mass is 9.71. The minimum atomic E-state index is -0.968. The molecule has 0 N–H and O–H groups in total. The van der Waals surface area contributed by atoms with Gasteiger partial charge in [0, 0.05) is 30.8 Å². The van der Waals surface area contributed by atoms with Crippen molar-refractivity contribution in [3.63, 3.8) is 0 Å². The summed E-state index contributed by atoms with van der Waals surface area (Å²) in [5.74, 6) is -0.509. The van der Waals surface area contributed by atoms with E-state index in [4.69, 9.17) is 0 Å². The second-order valence-corrected chi connectivity index (χ2v) is 8.65. The Morgan fingerprint density at radius 1 is 1.07 bits per heavy atom. The molecule has 29 heavy (non-hydrogen) atoms. The molecule has 4 nitrogen and oxygen atoms in total. The van der Waals surface area contributed by atoms with Crippen molar-refractivity contribution >= 4 is 17.4 Å². The van der Waals surface area contributed by atoms with Crippen molar-refractivity contribution in [1.82, 2.24) is 4.90 Å². The molecule has 1 fully saturated rings. The number of hydrogen-bond acceptors (Lipinski definition) is 3. The molecule has 0 radical (unpaired) electrons. The number of rotatable bonds is 3. The Morgan fingerprint density at radius 2 is 1.72 bits per heavy atom. The van der Waals surface area contributed by atoms with Gasteiger partial charge in [0.05, 0.1) is 5.92 Å². The van der Waals surface area contributed by atoms with Crippen molar-refractivity contribution in [2.24, 2.45) is 5.92 Å². The highest BCUT2D eigenvalue weighted by molar-refractivity contribution is 6.12. The number of ketones is 1. The maximum Gasteiger partial charge on any atom is 0.252 e. The molecular weight excluding hydrogens is 360 g/mol. The first-order valence-electron chi connectivity index (χ1n) is 10.1. The maximum absolute atomic E-state index is 13.7. The van der Waals surface area contributed by atoms with Gasteiger partial charge in [0.25, 0.3) is 5.91 Å². The van der Waals surface area contributed by atoms with Crippen LogP contribution in [0.25, 0.3) is 0 Å². The fourth-order valence-corrected chi connectivity index (χ4v) is 5.20.